The lowest BCUT2D eigenvalue weighted by Gasteiger charge is -2.12. The van der Waals surface area contributed by atoms with Crippen molar-refractivity contribution in [1.29, 1.82) is 0 Å². The first-order valence-corrected chi connectivity index (χ1v) is 9.49. The molecule has 150 valence electrons. The van der Waals surface area contributed by atoms with Crippen LogP contribution in [0, 0.1) is 0 Å². The number of para-hydroxylation sites is 2. The summed E-state index contributed by atoms with van der Waals surface area (Å²) in [6.45, 7) is 0.694. The smallest absolute Gasteiger partial charge is 0.259 e. The molecule has 1 aromatic heterocycles. The molecule has 0 spiro atoms. The molecule has 6 nitrogen and oxygen atoms in total. The van der Waals surface area contributed by atoms with E-state index in [1.807, 2.05) is 60.7 Å². The second-order valence-electron chi connectivity index (χ2n) is 6.41. The van der Waals surface area contributed by atoms with Gasteiger partial charge in [-0.15, -0.1) is 0 Å². The van der Waals surface area contributed by atoms with E-state index >= 15 is 0 Å². The van der Waals surface area contributed by atoms with E-state index < -0.39 is 0 Å². The predicted molar refractivity (Wildman–Crippen MR) is 114 cm³/mol. The maximum Gasteiger partial charge on any atom is 0.259 e. The third-order valence-electron chi connectivity index (χ3n) is 4.32. The number of oxazole rings is 1. The number of ether oxygens (including phenoxy) is 2. The highest BCUT2D eigenvalue weighted by Gasteiger charge is 2.13. The van der Waals surface area contributed by atoms with Gasteiger partial charge >= 0.3 is 0 Å². The average molecular weight is 400 g/mol. The van der Waals surface area contributed by atoms with Crippen LogP contribution >= 0.6 is 0 Å². The first kappa shape index (κ1) is 19.3. The van der Waals surface area contributed by atoms with Gasteiger partial charge in [-0.3, -0.25) is 4.79 Å². The zero-order valence-electron chi connectivity index (χ0n) is 16.2. The highest BCUT2D eigenvalue weighted by molar-refractivity contribution is 6.06. The van der Waals surface area contributed by atoms with E-state index in [-0.39, 0.29) is 5.91 Å². The number of aromatic nitrogens is 1. The number of carbonyl (C=O) groups excluding carboxylic acids is 1. The van der Waals surface area contributed by atoms with Gasteiger partial charge in [0.15, 0.2) is 12.2 Å². The zero-order valence-corrected chi connectivity index (χ0v) is 16.2. The standard InChI is InChI=1S/C24H20N2O4/c27-24(26-19-8-6-7-18(15-19)23-16-25-17-30-23)21-11-4-5-12-22(21)29-14-13-28-20-9-2-1-3-10-20/h1-12,15-17H,13-14H2,(H,26,27). The minimum atomic E-state index is -0.260. The fourth-order valence-corrected chi connectivity index (χ4v) is 2.91. The van der Waals surface area contributed by atoms with Crippen molar-refractivity contribution in [2.24, 2.45) is 0 Å². The van der Waals surface area contributed by atoms with Gasteiger partial charge in [0, 0.05) is 11.3 Å². The average Bonchev–Trinajstić information content (AvgIpc) is 3.33. The van der Waals surface area contributed by atoms with Crippen molar-refractivity contribution < 1.29 is 18.7 Å². The van der Waals surface area contributed by atoms with Gasteiger partial charge in [0.2, 0.25) is 0 Å². The van der Waals surface area contributed by atoms with E-state index in [1.54, 1.807) is 24.4 Å². The Labute approximate surface area is 174 Å². The molecule has 0 fully saturated rings. The molecule has 30 heavy (non-hydrogen) atoms. The van der Waals surface area contributed by atoms with E-state index in [1.165, 1.54) is 6.39 Å². The maximum absolute atomic E-state index is 12.8. The van der Waals surface area contributed by atoms with E-state index in [4.69, 9.17) is 13.9 Å². The van der Waals surface area contributed by atoms with Crippen LogP contribution < -0.4 is 14.8 Å². The summed E-state index contributed by atoms with van der Waals surface area (Å²) in [5.41, 5.74) is 1.92. The van der Waals surface area contributed by atoms with Gasteiger partial charge < -0.3 is 19.2 Å². The third-order valence-corrected chi connectivity index (χ3v) is 4.32. The van der Waals surface area contributed by atoms with Crippen molar-refractivity contribution in [2.45, 2.75) is 0 Å². The molecule has 4 rings (SSSR count). The number of rotatable bonds is 8. The van der Waals surface area contributed by atoms with Gasteiger partial charge in [-0.25, -0.2) is 4.98 Å². The summed E-state index contributed by atoms with van der Waals surface area (Å²) < 4.78 is 16.7. The van der Waals surface area contributed by atoms with Crippen molar-refractivity contribution in [1.82, 2.24) is 4.98 Å². The molecule has 0 saturated carbocycles. The molecule has 4 aromatic rings. The summed E-state index contributed by atoms with van der Waals surface area (Å²) in [5, 5.41) is 2.90. The van der Waals surface area contributed by atoms with Crippen LogP contribution in [0.3, 0.4) is 0 Å². The summed E-state index contributed by atoms with van der Waals surface area (Å²) in [7, 11) is 0. The summed E-state index contributed by atoms with van der Waals surface area (Å²) in [5.74, 6) is 1.65. The molecule has 1 N–H and O–H groups in total. The summed E-state index contributed by atoms with van der Waals surface area (Å²) in [6.07, 6.45) is 3.00. The topological polar surface area (TPSA) is 73.6 Å². The van der Waals surface area contributed by atoms with Gasteiger partial charge in [-0.05, 0) is 36.4 Å². The molecule has 0 bridgehead atoms. The van der Waals surface area contributed by atoms with Crippen molar-refractivity contribution in [2.75, 3.05) is 18.5 Å². The molecule has 6 heteroatoms. The molecule has 1 heterocycles. The lowest BCUT2D eigenvalue weighted by Crippen LogP contribution is -2.15. The van der Waals surface area contributed by atoms with Crippen LogP contribution in [0.5, 0.6) is 11.5 Å². The Morgan fingerprint density at radius 3 is 2.53 bits per heavy atom. The van der Waals surface area contributed by atoms with Crippen molar-refractivity contribution in [3.8, 4) is 22.8 Å². The van der Waals surface area contributed by atoms with Gasteiger partial charge in [-0.2, -0.15) is 0 Å². The van der Waals surface area contributed by atoms with Crippen LogP contribution in [-0.2, 0) is 0 Å². The fraction of sp³-hybridized carbons (Fsp3) is 0.0833. The highest BCUT2D eigenvalue weighted by Crippen LogP contribution is 2.24. The largest absolute Gasteiger partial charge is 0.490 e. The Bertz CT molecular complexity index is 1100. The van der Waals surface area contributed by atoms with E-state index in [0.29, 0.717) is 36.0 Å². The highest BCUT2D eigenvalue weighted by atomic mass is 16.5. The lowest BCUT2D eigenvalue weighted by atomic mass is 10.1. The van der Waals surface area contributed by atoms with Crippen molar-refractivity contribution in [3.05, 3.63) is 97.0 Å². The van der Waals surface area contributed by atoms with Crippen LogP contribution in [-0.4, -0.2) is 24.1 Å². The Morgan fingerprint density at radius 2 is 1.70 bits per heavy atom. The Kier molecular flexibility index (Phi) is 6.05. The number of nitrogens with one attached hydrogen (secondary N) is 1. The van der Waals surface area contributed by atoms with E-state index in [0.717, 1.165) is 11.3 Å². The minimum Gasteiger partial charge on any atom is -0.490 e. The van der Waals surface area contributed by atoms with Gasteiger partial charge in [0.25, 0.3) is 5.91 Å². The van der Waals surface area contributed by atoms with Gasteiger partial charge in [0.05, 0.1) is 11.8 Å². The Hall–Kier alpha value is -4.06. The second kappa shape index (κ2) is 9.43. The SMILES string of the molecule is O=C(Nc1cccc(-c2cnco2)c1)c1ccccc1OCCOc1ccccc1. The van der Waals surface area contributed by atoms with Gasteiger partial charge in [0.1, 0.15) is 24.7 Å². The summed E-state index contributed by atoms with van der Waals surface area (Å²) in [4.78, 5) is 16.8. The van der Waals surface area contributed by atoms with Crippen LogP contribution in [0.15, 0.2) is 95.9 Å². The van der Waals surface area contributed by atoms with Crippen LogP contribution in [0.2, 0.25) is 0 Å². The molecule has 0 unspecified atom stereocenters. The quantitative estimate of drug-likeness (QED) is 0.419. The first-order valence-electron chi connectivity index (χ1n) is 9.49. The molecule has 1 amide bonds. The number of carbonyl (C=O) groups is 1. The van der Waals surface area contributed by atoms with Crippen molar-refractivity contribution >= 4 is 11.6 Å². The summed E-state index contributed by atoms with van der Waals surface area (Å²) >= 11 is 0. The number of hydrogen-bond acceptors (Lipinski definition) is 5. The number of amides is 1. The molecular formula is C24H20N2O4. The molecule has 0 aliphatic heterocycles. The van der Waals surface area contributed by atoms with Gasteiger partial charge in [-0.1, -0.05) is 42.5 Å². The second-order valence-corrected chi connectivity index (χ2v) is 6.41. The zero-order chi connectivity index (χ0) is 20.6. The van der Waals surface area contributed by atoms with Crippen LogP contribution in [0.1, 0.15) is 10.4 Å². The Balaban J connectivity index is 1.39. The monoisotopic (exact) mass is 400 g/mol. The number of hydrogen-bond donors (Lipinski definition) is 1. The normalized spacial score (nSPS) is 10.4. The molecule has 0 atom stereocenters. The van der Waals surface area contributed by atoms with E-state index in [9.17, 15) is 4.79 Å². The van der Waals surface area contributed by atoms with Crippen LogP contribution in [0.25, 0.3) is 11.3 Å². The number of nitrogens with zero attached hydrogens (tertiary/aromatic N) is 1. The van der Waals surface area contributed by atoms with Crippen LogP contribution in [0.4, 0.5) is 5.69 Å². The number of anilines is 1. The minimum absolute atomic E-state index is 0.260. The molecule has 0 radical (unpaired) electrons. The summed E-state index contributed by atoms with van der Waals surface area (Å²) in [6, 6.07) is 24.0. The maximum atomic E-state index is 12.8. The van der Waals surface area contributed by atoms with Crippen molar-refractivity contribution in [3.63, 3.8) is 0 Å². The lowest BCUT2D eigenvalue weighted by molar-refractivity contribution is 0.102. The Morgan fingerprint density at radius 1 is 0.900 bits per heavy atom. The predicted octanol–water partition coefficient (Wildman–Crippen LogP) is 5.05. The molecule has 0 saturated heterocycles. The fourth-order valence-electron chi connectivity index (χ4n) is 2.91. The first-order chi connectivity index (χ1) is 14.8. The number of benzene rings is 3. The molecule has 3 aromatic carbocycles. The van der Waals surface area contributed by atoms with E-state index in [2.05, 4.69) is 10.3 Å². The third kappa shape index (κ3) is 4.86. The molecule has 0 aliphatic carbocycles. The molecular weight excluding hydrogens is 380 g/mol. The molecule has 0 aliphatic rings.